The molecule has 3 amide bonds. The van der Waals surface area contributed by atoms with Crippen molar-refractivity contribution < 1.29 is 39.3 Å². The van der Waals surface area contributed by atoms with E-state index in [1.165, 1.54) is 18.7 Å². The topological polar surface area (TPSA) is 208 Å². The van der Waals surface area contributed by atoms with Crippen LogP contribution in [0, 0.1) is 0 Å². The van der Waals surface area contributed by atoms with E-state index in [0.29, 0.717) is 5.75 Å². The molecule has 0 rings (SSSR count). The van der Waals surface area contributed by atoms with Crippen molar-refractivity contribution in [3.63, 3.8) is 0 Å². The van der Waals surface area contributed by atoms with Gasteiger partial charge in [0.1, 0.15) is 24.2 Å². The Hall–Kier alpha value is -2.03. The molecule has 0 aromatic carbocycles. The number of carboxylic acid groups (broad SMARTS) is 2. The van der Waals surface area contributed by atoms with Crippen LogP contribution in [0.3, 0.4) is 0 Å². The fourth-order valence-corrected chi connectivity index (χ4v) is 2.83. The molecule has 0 saturated heterocycles. The van der Waals surface area contributed by atoms with E-state index in [1.807, 2.05) is 0 Å². The second-order valence-corrected chi connectivity index (χ2v) is 7.70. The molecule has 0 heterocycles. The van der Waals surface area contributed by atoms with Gasteiger partial charge in [-0.15, -0.1) is 0 Å². The predicted octanol–water partition coefficient (Wildman–Crippen LogP) is -2.61. The smallest absolute Gasteiger partial charge is 0.326 e. The highest BCUT2D eigenvalue weighted by Gasteiger charge is 2.31. The first-order valence-corrected chi connectivity index (χ1v) is 10.9. The number of rotatable bonds is 14. The SMILES string of the molecule is CSCCC(NC(=O)C(CS)NC(=O)C(CC(=O)O)NC(=O)C(N)C(C)O)C(=O)O. The van der Waals surface area contributed by atoms with Crippen LogP contribution < -0.4 is 21.7 Å². The minimum absolute atomic E-state index is 0.157. The van der Waals surface area contributed by atoms with E-state index in [-0.39, 0.29) is 12.2 Å². The van der Waals surface area contributed by atoms with E-state index in [0.717, 1.165) is 0 Å². The van der Waals surface area contributed by atoms with Gasteiger partial charge in [0.25, 0.3) is 0 Å². The summed E-state index contributed by atoms with van der Waals surface area (Å²) < 4.78 is 0. The largest absolute Gasteiger partial charge is 0.481 e. The normalized spacial score (nSPS) is 15.8. The Morgan fingerprint density at radius 3 is 1.90 bits per heavy atom. The molecular weight excluding hydrogens is 440 g/mol. The van der Waals surface area contributed by atoms with Gasteiger partial charge in [-0.1, -0.05) is 0 Å². The van der Waals surface area contributed by atoms with Crippen LogP contribution in [0.15, 0.2) is 0 Å². The molecule has 0 fully saturated rings. The third kappa shape index (κ3) is 10.1. The number of thiol groups is 1. The third-order valence-corrected chi connectivity index (χ3v) is 4.88. The highest BCUT2D eigenvalue weighted by atomic mass is 32.2. The zero-order valence-electron chi connectivity index (χ0n) is 16.5. The standard InChI is InChI=1S/C16H28N4O8S2/c1-7(21)12(17)15(26)19-9(5-11(22)23)13(24)20-10(6-29)14(25)18-8(16(27)28)3-4-30-2/h7-10,12,21,29H,3-6,17H2,1-2H3,(H,18,25)(H,19,26)(H,20,24)(H,22,23)(H,27,28). The van der Waals surface area contributed by atoms with Crippen molar-refractivity contribution in [2.75, 3.05) is 17.8 Å². The third-order valence-electron chi connectivity index (χ3n) is 3.87. The monoisotopic (exact) mass is 468 g/mol. The van der Waals surface area contributed by atoms with Gasteiger partial charge in [-0.3, -0.25) is 19.2 Å². The Balaban J connectivity index is 5.22. The van der Waals surface area contributed by atoms with Gasteiger partial charge in [0.2, 0.25) is 17.7 Å². The molecule has 0 radical (unpaired) electrons. The van der Waals surface area contributed by atoms with Crippen LogP contribution in [0.25, 0.3) is 0 Å². The summed E-state index contributed by atoms with van der Waals surface area (Å²) in [5, 5.41) is 34.2. The highest BCUT2D eigenvalue weighted by molar-refractivity contribution is 7.98. The summed E-state index contributed by atoms with van der Waals surface area (Å²) in [5.41, 5.74) is 5.46. The maximum absolute atomic E-state index is 12.4. The minimum atomic E-state index is -1.58. The molecule has 0 aliphatic rings. The van der Waals surface area contributed by atoms with Gasteiger partial charge in [-0.25, -0.2) is 4.79 Å². The summed E-state index contributed by atoms with van der Waals surface area (Å²) in [6.45, 7) is 1.24. The number of aliphatic carboxylic acids is 2. The predicted molar refractivity (Wildman–Crippen MR) is 112 cm³/mol. The lowest BCUT2D eigenvalue weighted by atomic mass is 10.1. The van der Waals surface area contributed by atoms with Gasteiger partial charge >= 0.3 is 11.9 Å². The number of nitrogens with two attached hydrogens (primary N) is 1. The van der Waals surface area contributed by atoms with Crippen molar-refractivity contribution in [1.82, 2.24) is 16.0 Å². The molecule has 0 aliphatic heterocycles. The molecule has 0 spiro atoms. The van der Waals surface area contributed by atoms with Crippen molar-refractivity contribution in [2.24, 2.45) is 5.73 Å². The molecule has 5 atom stereocenters. The second-order valence-electron chi connectivity index (χ2n) is 6.35. The van der Waals surface area contributed by atoms with Crippen molar-refractivity contribution in [3.8, 4) is 0 Å². The Morgan fingerprint density at radius 2 is 1.47 bits per heavy atom. The molecule has 0 aromatic heterocycles. The molecule has 0 saturated carbocycles. The Kier molecular flexibility index (Phi) is 13.1. The van der Waals surface area contributed by atoms with Gasteiger partial charge < -0.3 is 37.0 Å². The van der Waals surface area contributed by atoms with E-state index in [2.05, 4.69) is 28.6 Å². The van der Waals surface area contributed by atoms with Crippen LogP contribution in [-0.4, -0.2) is 93.0 Å². The number of carbonyl (C=O) groups is 5. The average Bonchev–Trinajstić information content (AvgIpc) is 2.66. The van der Waals surface area contributed by atoms with E-state index in [4.69, 9.17) is 10.8 Å². The number of aliphatic hydroxyl groups is 1. The van der Waals surface area contributed by atoms with Crippen LogP contribution in [0.1, 0.15) is 19.8 Å². The fourth-order valence-electron chi connectivity index (χ4n) is 2.10. The lowest BCUT2D eigenvalue weighted by molar-refractivity contribution is -0.143. The van der Waals surface area contributed by atoms with E-state index in [9.17, 15) is 34.2 Å². The first-order valence-electron chi connectivity index (χ1n) is 8.83. The number of hydrogen-bond donors (Lipinski definition) is 8. The summed E-state index contributed by atoms with van der Waals surface area (Å²) in [6, 6.07) is -5.44. The summed E-state index contributed by atoms with van der Waals surface area (Å²) in [6.07, 6.45) is -0.123. The van der Waals surface area contributed by atoms with Crippen molar-refractivity contribution in [3.05, 3.63) is 0 Å². The lowest BCUT2D eigenvalue weighted by Crippen LogP contribution is -2.59. The Bertz CT molecular complexity index is 634. The summed E-state index contributed by atoms with van der Waals surface area (Å²) in [5.74, 6) is -5.18. The van der Waals surface area contributed by atoms with Crippen LogP contribution in [0.2, 0.25) is 0 Å². The van der Waals surface area contributed by atoms with Crippen molar-refractivity contribution >= 4 is 54.1 Å². The molecule has 5 unspecified atom stereocenters. The maximum Gasteiger partial charge on any atom is 0.326 e. The second kappa shape index (κ2) is 14.1. The number of aliphatic hydroxyl groups excluding tert-OH is 1. The van der Waals surface area contributed by atoms with E-state index in [1.54, 1.807) is 6.26 Å². The first kappa shape index (κ1) is 28.0. The molecular formula is C16H28N4O8S2. The molecule has 172 valence electrons. The summed E-state index contributed by atoms with van der Waals surface area (Å²) >= 11 is 5.35. The zero-order valence-corrected chi connectivity index (χ0v) is 18.2. The number of nitrogens with one attached hydrogen (secondary N) is 3. The Labute approximate surface area is 183 Å². The van der Waals surface area contributed by atoms with Gasteiger partial charge in [-0.05, 0) is 25.4 Å². The van der Waals surface area contributed by atoms with Crippen molar-refractivity contribution in [2.45, 2.75) is 50.0 Å². The van der Waals surface area contributed by atoms with Crippen LogP contribution in [-0.2, 0) is 24.0 Å². The fraction of sp³-hybridized carbons (Fsp3) is 0.688. The van der Waals surface area contributed by atoms with E-state index < -0.39 is 66.4 Å². The molecule has 0 aromatic rings. The first-order chi connectivity index (χ1) is 13.9. The number of hydrogen-bond acceptors (Lipinski definition) is 9. The maximum atomic E-state index is 12.4. The van der Waals surface area contributed by atoms with Crippen LogP contribution in [0.4, 0.5) is 0 Å². The number of thioether (sulfide) groups is 1. The molecule has 0 aliphatic carbocycles. The molecule has 8 N–H and O–H groups in total. The zero-order chi connectivity index (χ0) is 23.4. The minimum Gasteiger partial charge on any atom is -0.481 e. The van der Waals surface area contributed by atoms with Crippen LogP contribution in [0.5, 0.6) is 0 Å². The summed E-state index contributed by atoms with van der Waals surface area (Å²) in [7, 11) is 0. The quantitative estimate of drug-likeness (QED) is 0.125. The van der Waals surface area contributed by atoms with Crippen molar-refractivity contribution in [1.29, 1.82) is 0 Å². The molecule has 30 heavy (non-hydrogen) atoms. The number of carboxylic acids is 2. The van der Waals surface area contributed by atoms with Gasteiger partial charge in [0.15, 0.2) is 0 Å². The van der Waals surface area contributed by atoms with Gasteiger partial charge in [-0.2, -0.15) is 24.4 Å². The number of carbonyl (C=O) groups excluding carboxylic acids is 3. The summed E-state index contributed by atoms with van der Waals surface area (Å²) in [4.78, 5) is 59.1. The van der Waals surface area contributed by atoms with Gasteiger partial charge in [0, 0.05) is 5.75 Å². The van der Waals surface area contributed by atoms with E-state index >= 15 is 0 Å². The molecule has 0 bridgehead atoms. The molecule has 12 nitrogen and oxygen atoms in total. The molecule has 14 heteroatoms. The number of amides is 3. The highest BCUT2D eigenvalue weighted by Crippen LogP contribution is 2.03. The average molecular weight is 469 g/mol. The Morgan fingerprint density at radius 1 is 0.967 bits per heavy atom. The lowest BCUT2D eigenvalue weighted by Gasteiger charge is -2.24. The van der Waals surface area contributed by atoms with Gasteiger partial charge in [0.05, 0.1) is 12.5 Å². The van der Waals surface area contributed by atoms with Crippen LogP contribution >= 0.6 is 24.4 Å².